The Morgan fingerprint density at radius 3 is 2.17 bits per heavy atom. The Kier molecular flexibility index (Phi) is 15.8. The first-order chi connectivity index (χ1) is 24.9. The third-order valence-corrected chi connectivity index (χ3v) is 9.14. The molecule has 14 nitrogen and oxygen atoms in total. The van der Waals surface area contributed by atoms with Crippen LogP contribution in [0.4, 0.5) is 4.79 Å². The van der Waals surface area contributed by atoms with Crippen LogP contribution in [-0.4, -0.2) is 78.4 Å². The summed E-state index contributed by atoms with van der Waals surface area (Å²) in [6.45, 7) is 12.3. The van der Waals surface area contributed by atoms with E-state index in [1.54, 1.807) is 51.1 Å². The van der Waals surface area contributed by atoms with Gasteiger partial charge in [-0.3, -0.25) is 24.0 Å². The first kappa shape index (κ1) is 42.9. The van der Waals surface area contributed by atoms with E-state index in [-0.39, 0.29) is 36.7 Å². The van der Waals surface area contributed by atoms with Crippen molar-refractivity contribution in [3.05, 3.63) is 35.9 Å². The van der Waals surface area contributed by atoms with Crippen molar-refractivity contribution in [2.75, 3.05) is 13.2 Å². The van der Waals surface area contributed by atoms with E-state index < -0.39 is 77.8 Å². The van der Waals surface area contributed by atoms with E-state index in [1.807, 2.05) is 27.7 Å². The lowest BCUT2D eigenvalue weighted by molar-refractivity contribution is -0.158. The topological polar surface area (TPSA) is 198 Å². The molecule has 1 aromatic rings. The monoisotopic (exact) mass is 741 g/mol. The highest BCUT2D eigenvalue weighted by atomic mass is 16.6. The number of alkyl carbamates (subject to hydrolysis) is 1. The minimum Gasteiger partial charge on any atom is -0.458 e. The second kappa shape index (κ2) is 19.5. The van der Waals surface area contributed by atoms with Gasteiger partial charge in [0.25, 0.3) is 5.91 Å². The Bertz CT molecular complexity index is 1450. The lowest BCUT2D eigenvalue weighted by Crippen LogP contribution is -2.57. The highest BCUT2D eigenvalue weighted by molar-refractivity contribution is 6.38. The molecule has 14 heteroatoms. The van der Waals surface area contributed by atoms with E-state index in [2.05, 4.69) is 26.6 Å². The maximum Gasteiger partial charge on any atom is 0.407 e. The minimum atomic E-state index is -1.21. The number of benzene rings is 1. The van der Waals surface area contributed by atoms with E-state index in [0.29, 0.717) is 18.4 Å². The molecule has 1 unspecified atom stereocenters. The standard InChI is InChI=1S/C39H59N5O9/c1-24(2)20-28-34(48)42-29(21-39(18-19-39)17-13-9-12-16-27(33(47)41-28)43-37(51)52-23-25(3)4)32(46)35(49)40-22-30(45)44-31(26-14-10-8-11-15-26)36(50)53-38(5,6)7/h8,10-11,14-15,24-25,27-29,31H,9,12-13,16-23H2,1-7H3,(H,40,49)(H,41,47)(H,42,48)(H,43,51)(H,44,45)/t27-,28-,29?,31-/m0/s1. The highest BCUT2D eigenvalue weighted by Gasteiger charge is 2.46. The summed E-state index contributed by atoms with van der Waals surface area (Å²) in [5, 5.41) is 13.1. The second-order valence-corrected chi connectivity index (χ2v) is 16.2. The zero-order chi connectivity index (χ0) is 39.3. The lowest BCUT2D eigenvalue weighted by atomic mass is 9.88. The molecule has 0 aromatic heterocycles. The van der Waals surface area contributed by atoms with Gasteiger partial charge in [0.1, 0.15) is 17.7 Å². The first-order valence-corrected chi connectivity index (χ1v) is 18.8. The Morgan fingerprint density at radius 1 is 0.887 bits per heavy atom. The van der Waals surface area contributed by atoms with Crippen LogP contribution in [0.5, 0.6) is 0 Å². The molecular formula is C39H59N5O9. The van der Waals surface area contributed by atoms with Crippen LogP contribution in [0.25, 0.3) is 0 Å². The SMILES string of the molecule is CC(C)COC(=O)N[C@H]1CCCCCC2(CC2)CC(C(=O)C(=O)NCC(=O)N[C@H](C(=O)OC(C)(C)C)c2ccccc2)NC(=O)[C@H](CC(C)C)NC1=O. The zero-order valence-electron chi connectivity index (χ0n) is 32.3. The van der Waals surface area contributed by atoms with Gasteiger partial charge in [-0.1, -0.05) is 77.3 Å². The predicted octanol–water partition coefficient (Wildman–Crippen LogP) is 3.77. The molecule has 4 atom stereocenters. The molecule has 1 heterocycles. The average Bonchev–Trinajstić information content (AvgIpc) is 3.84. The number of ketones is 1. The molecule has 5 N–H and O–H groups in total. The number of esters is 1. The van der Waals surface area contributed by atoms with Gasteiger partial charge in [0.15, 0.2) is 6.04 Å². The zero-order valence-corrected chi connectivity index (χ0v) is 32.3. The van der Waals surface area contributed by atoms with Gasteiger partial charge in [-0.15, -0.1) is 0 Å². The molecule has 5 amide bonds. The molecule has 0 radical (unpaired) electrons. The summed E-state index contributed by atoms with van der Waals surface area (Å²) in [5.74, 6) is -4.49. The van der Waals surface area contributed by atoms with Crippen molar-refractivity contribution in [2.45, 2.75) is 136 Å². The van der Waals surface area contributed by atoms with E-state index >= 15 is 0 Å². The maximum absolute atomic E-state index is 13.8. The van der Waals surface area contributed by atoms with Crippen molar-refractivity contribution in [3.63, 3.8) is 0 Å². The molecule has 1 spiro atoms. The van der Waals surface area contributed by atoms with Crippen molar-refractivity contribution in [1.29, 1.82) is 0 Å². The summed E-state index contributed by atoms with van der Waals surface area (Å²) in [6, 6.07) is 4.17. The van der Waals surface area contributed by atoms with Crippen LogP contribution in [0.1, 0.15) is 118 Å². The van der Waals surface area contributed by atoms with Crippen molar-refractivity contribution in [3.8, 4) is 0 Å². The summed E-state index contributed by atoms with van der Waals surface area (Å²) in [7, 11) is 0. The van der Waals surface area contributed by atoms with E-state index in [4.69, 9.17) is 9.47 Å². The summed E-state index contributed by atoms with van der Waals surface area (Å²) in [4.78, 5) is 92.8. The molecule has 1 saturated heterocycles. The predicted molar refractivity (Wildman–Crippen MR) is 197 cm³/mol. The van der Waals surface area contributed by atoms with Crippen molar-refractivity contribution in [1.82, 2.24) is 26.6 Å². The van der Waals surface area contributed by atoms with Crippen molar-refractivity contribution >= 4 is 41.5 Å². The molecule has 1 aromatic carbocycles. The number of amides is 5. The van der Waals surface area contributed by atoms with Gasteiger partial charge in [0.2, 0.25) is 23.5 Å². The normalized spacial score (nSPS) is 21.3. The van der Waals surface area contributed by atoms with Gasteiger partial charge < -0.3 is 36.1 Å². The van der Waals surface area contributed by atoms with Crippen molar-refractivity contribution < 1.29 is 43.0 Å². The number of Topliss-reactive ketones (excluding diaryl/α,β-unsaturated/α-hetero) is 1. The molecule has 2 aliphatic rings. The largest absolute Gasteiger partial charge is 0.458 e. The molecule has 2 fully saturated rings. The second-order valence-electron chi connectivity index (χ2n) is 16.2. The number of rotatable bonds is 12. The van der Waals surface area contributed by atoms with Crippen LogP contribution in [-0.2, 0) is 38.2 Å². The van der Waals surface area contributed by atoms with Gasteiger partial charge >= 0.3 is 12.1 Å². The number of carbonyl (C=O) groups is 7. The number of hydrogen-bond acceptors (Lipinski definition) is 9. The fraction of sp³-hybridized carbons (Fsp3) is 0.667. The van der Waals surface area contributed by atoms with Gasteiger partial charge in [0, 0.05) is 0 Å². The van der Waals surface area contributed by atoms with Crippen LogP contribution in [0.2, 0.25) is 0 Å². The minimum absolute atomic E-state index is 0.0292. The quantitative estimate of drug-likeness (QED) is 0.156. The molecule has 53 heavy (non-hydrogen) atoms. The Hall–Kier alpha value is -4.49. The molecule has 294 valence electrons. The van der Waals surface area contributed by atoms with Crippen LogP contribution >= 0.6 is 0 Å². The number of nitrogens with one attached hydrogen (secondary N) is 5. The number of hydrogen-bond donors (Lipinski definition) is 5. The number of ether oxygens (including phenoxy) is 2. The van der Waals surface area contributed by atoms with Crippen LogP contribution in [0.3, 0.4) is 0 Å². The lowest BCUT2D eigenvalue weighted by Gasteiger charge is -2.28. The third kappa shape index (κ3) is 14.8. The van der Waals surface area contributed by atoms with Gasteiger partial charge in [-0.2, -0.15) is 0 Å². The molecule has 3 rings (SSSR count). The van der Waals surface area contributed by atoms with E-state index in [0.717, 1.165) is 32.1 Å². The molecule has 1 aliphatic carbocycles. The maximum atomic E-state index is 13.8. The average molecular weight is 742 g/mol. The van der Waals surface area contributed by atoms with Crippen LogP contribution < -0.4 is 26.6 Å². The molecular weight excluding hydrogens is 682 g/mol. The Balaban J connectivity index is 1.75. The number of carbonyl (C=O) groups excluding carboxylic acids is 7. The highest BCUT2D eigenvalue weighted by Crippen LogP contribution is 2.53. The molecule has 1 aliphatic heterocycles. The van der Waals surface area contributed by atoms with Gasteiger partial charge in [0.05, 0.1) is 19.2 Å². The summed E-state index contributed by atoms with van der Waals surface area (Å²) >= 11 is 0. The van der Waals surface area contributed by atoms with Crippen LogP contribution in [0.15, 0.2) is 30.3 Å². The fourth-order valence-electron chi connectivity index (χ4n) is 6.25. The summed E-state index contributed by atoms with van der Waals surface area (Å²) in [5.41, 5.74) is -0.576. The third-order valence-electron chi connectivity index (χ3n) is 9.14. The van der Waals surface area contributed by atoms with Crippen molar-refractivity contribution in [2.24, 2.45) is 17.3 Å². The van der Waals surface area contributed by atoms with Crippen LogP contribution in [0, 0.1) is 17.3 Å². The first-order valence-electron chi connectivity index (χ1n) is 18.8. The summed E-state index contributed by atoms with van der Waals surface area (Å²) < 4.78 is 10.7. The molecule has 1 saturated carbocycles. The van der Waals surface area contributed by atoms with Gasteiger partial charge in [-0.25, -0.2) is 9.59 Å². The summed E-state index contributed by atoms with van der Waals surface area (Å²) in [6.07, 6.45) is 4.77. The van der Waals surface area contributed by atoms with E-state index in [9.17, 15) is 33.6 Å². The Labute approximate surface area is 313 Å². The van der Waals surface area contributed by atoms with Gasteiger partial charge in [-0.05, 0) is 82.1 Å². The fourth-order valence-corrected chi connectivity index (χ4v) is 6.25. The smallest absolute Gasteiger partial charge is 0.407 e. The Morgan fingerprint density at radius 2 is 1.57 bits per heavy atom. The van der Waals surface area contributed by atoms with E-state index in [1.165, 1.54) is 0 Å². The molecule has 0 bridgehead atoms.